The molecule has 4 aromatic carbocycles. The van der Waals surface area contributed by atoms with Crippen molar-refractivity contribution in [3.05, 3.63) is 138 Å². The Morgan fingerprint density at radius 1 is 0.697 bits per heavy atom. The van der Waals surface area contributed by atoms with E-state index < -0.39 is 6.04 Å². The van der Waals surface area contributed by atoms with Crippen LogP contribution in [0.3, 0.4) is 0 Å². The van der Waals surface area contributed by atoms with E-state index in [-0.39, 0.29) is 11.9 Å². The molecule has 0 aromatic heterocycles. The van der Waals surface area contributed by atoms with Gasteiger partial charge < -0.3 is 15.8 Å². The van der Waals surface area contributed by atoms with Gasteiger partial charge in [0.2, 0.25) is 5.91 Å². The molecule has 4 aromatic rings. The normalized spacial score (nSPS) is 11.7. The lowest BCUT2D eigenvalue weighted by molar-refractivity contribution is -0.122. The first-order chi connectivity index (χ1) is 16.2. The Kier molecular flexibility index (Phi) is 7.52. The number of carbonyl (C=O) groups is 1. The van der Waals surface area contributed by atoms with E-state index in [0.717, 1.165) is 28.0 Å². The van der Waals surface area contributed by atoms with Crippen LogP contribution in [-0.4, -0.2) is 11.9 Å². The first-order valence-electron chi connectivity index (χ1n) is 11.1. The summed E-state index contributed by atoms with van der Waals surface area (Å²) >= 11 is 0. The maximum Gasteiger partial charge on any atom is 0.238 e. The molecule has 0 unspecified atom stereocenters. The number of nitrogens with two attached hydrogens (primary N) is 1. The highest BCUT2D eigenvalue weighted by molar-refractivity contribution is 5.82. The molecular weight excluding hydrogens is 408 g/mol. The van der Waals surface area contributed by atoms with Crippen molar-refractivity contribution in [3.8, 4) is 5.75 Å². The molecule has 0 radical (unpaired) electrons. The molecule has 0 bridgehead atoms. The van der Waals surface area contributed by atoms with Gasteiger partial charge in [0.1, 0.15) is 12.4 Å². The topological polar surface area (TPSA) is 64.3 Å². The Bertz CT molecular complexity index is 1090. The summed E-state index contributed by atoms with van der Waals surface area (Å²) in [6.45, 7) is 0.516. The van der Waals surface area contributed by atoms with Crippen molar-refractivity contribution < 1.29 is 9.53 Å². The lowest BCUT2D eigenvalue weighted by Gasteiger charge is -2.22. The van der Waals surface area contributed by atoms with Crippen LogP contribution in [0.5, 0.6) is 5.75 Å². The van der Waals surface area contributed by atoms with E-state index in [1.807, 2.05) is 115 Å². The van der Waals surface area contributed by atoms with E-state index in [1.165, 1.54) is 0 Å². The van der Waals surface area contributed by atoms with Crippen LogP contribution in [0, 0.1) is 0 Å². The summed E-state index contributed by atoms with van der Waals surface area (Å²) in [7, 11) is 0. The number of benzene rings is 4. The van der Waals surface area contributed by atoms with Crippen molar-refractivity contribution in [1.29, 1.82) is 0 Å². The number of rotatable bonds is 9. The Labute approximate surface area is 195 Å². The molecule has 0 saturated carbocycles. The molecule has 166 valence electrons. The smallest absolute Gasteiger partial charge is 0.238 e. The van der Waals surface area contributed by atoms with Crippen LogP contribution < -0.4 is 15.8 Å². The van der Waals surface area contributed by atoms with E-state index >= 15 is 0 Å². The highest BCUT2D eigenvalue weighted by Gasteiger charge is 2.21. The molecule has 0 heterocycles. The lowest BCUT2D eigenvalue weighted by atomic mass is 9.97. The molecule has 0 aliphatic heterocycles. The van der Waals surface area contributed by atoms with Crippen LogP contribution in [0.15, 0.2) is 115 Å². The Morgan fingerprint density at radius 2 is 1.21 bits per heavy atom. The minimum atomic E-state index is -0.656. The van der Waals surface area contributed by atoms with Crippen molar-refractivity contribution in [3.63, 3.8) is 0 Å². The van der Waals surface area contributed by atoms with Gasteiger partial charge in [-0.25, -0.2) is 0 Å². The number of amides is 1. The molecule has 4 nitrogen and oxygen atoms in total. The molecule has 0 saturated heterocycles. The Morgan fingerprint density at radius 3 is 1.76 bits per heavy atom. The minimum Gasteiger partial charge on any atom is -0.489 e. The van der Waals surface area contributed by atoms with Gasteiger partial charge in [-0.05, 0) is 40.8 Å². The quantitative estimate of drug-likeness (QED) is 0.386. The molecule has 0 fully saturated rings. The molecule has 0 aliphatic rings. The summed E-state index contributed by atoms with van der Waals surface area (Å²) in [5, 5.41) is 3.13. The summed E-state index contributed by atoms with van der Waals surface area (Å²) in [4.78, 5) is 13.0. The molecule has 1 atom stereocenters. The third kappa shape index (κ3) is 6.31. The molecular formula is C29H28N2O2. The van der Waals surface area contributed by atoms with Gasteiger partial charge in [-0.2, -0.15) is 0 Å². The van der Waals surface area contributed by atoms with Crippen molar-refractivity contribution in [1.82, 2.24) is 5.32 Å². The van der Waals surface area contributed by atoms with E-state index in [0.29, 0.717) is 13.0 Å². The van der Waals surface area contributed by atoms with Crippen molar-refractivity contribution in [2.75, 3.05) is 0 Å². The van der Waals surface area contributed by atoms with Crippen LogP contribution in [0.4, 0.5) is 0 Å². The number of carbonyl (C=O) groups excluding carboxylic acids is 1. The summed E-state index contributed by atoms with van der Waals surface area (Å²) < 4.78 is 5.84. The molecule has 1 amide bonds. The molecule has 33 heavy (non-hydrogen) atoms. The van der Waals surface area contributed by atoms with Crippen molar-refractivity contribution in [2.24, 2.45) is 5.73 Å². The van der Waals surface area contributed by atoms with Crippen molar-refractivity contribution in [2.45, 2.75) is 25.1 Å². The third-order valence-corrected chi connectivity index (χ3v) is 5.52. The van der Waals surface area contributed by atoms with Crippen LogP contribution in [-0.2, 0) is 17.8 Å². The van der Waals surface area contributed by atoms with Crippen LogP contribution >= 0.6 is 0 Å². The van der Waals surface area contributed by atoms with Gasteiger partial charge in [0.25, 0.3) is 0 Å². The predicted octanol–water partition coefficient (Wildman–Crippen LogP) is 5.04. The van der Waals surface area contributed by atoms with E-state index in [2.05, 4.69) is 5.32 Å². The average Bonchev–Trinajstić information content (AvgIpc) is 2.88. The van der Waals surface area contributed by atoms with E-state index in [4.69, 9.17) is 10.5 Å². The zero-order valence-corrected chi connectivity index (χ0v) is 18.4. The largest absolute Gasteiger partial charge is 0.489 e. The highest BCUT2D eigenvalue weighted by atomic mass is 16.5. The maximum atomic E-state index is 13.0. The van der Waals surface area contributed by atoms with Gasteiger partial charge in [0, 0.05) is 0 Å². The number of hydrogen-bond donors (Lipinski definition) is 2. The zero-order valence-electron chi connectivity index (χ0n) is 18.4. The predicted molar refractivity (Wildman–Crippen MR) is 132 cm³/mol. The average molecular weight is 437 g/mol. The second-order valence-corrected chi connectivity index (χ2v) is 7.99. The van der Waals surface area contributed by atoms with Gasteiger partial charge in [-0.15, -0.1) is 0 Å². The lowest BCUT2D eigenvalue weighted by Crippen LogP contribution is -2.43. The van der Waals surface area contributed by atoms with Crippen molar-refractivity contribution >= 4 is 5.91 Å². The van der Waals surface area contributed by atoms with Crippen LogP contribution in [0.25, 0.3) is 0 Å². The summed E-state index contributed by atoms with van der Waals surface area (Å²) in [6, 6.07) is 36.7. The standard InChI is InChI=1S/C29H28N2O2/c30-27(20-22-16-18-26(19-17-22)33-21-23-10-4-1-5-11-23)29(32)31-28(24-12-6-2-7-13-24)25-14-8-3-9-15-25/h1-19,27-28H,20-21,30H2,(H,31,32)/t27-/m0/s1. The highest BCUT2D eigenvalue weighted by Crippen LogP contribution is 2.22. The fourth-order valence-electron chi connectivity index (χ4n) is 3.71. The second kappa shape index (κ2) is 11.1. The SMILES string of the molecule is N[C@@H](Cc1ccc(OCc2ccccc2)cc1)C(=O)NC(c1ccccc1)c1ccccc1. The van der Waals surface area contributed by atoms with Gasteiger partial charge >= 0.3 is 0 Å². The van der Waals surface area contributed by atoms with Gasteiger partial charge in [-0.1, -0.05) is 103 Å². The summed E-state index contributed by atoms with van der Waals surface area (Å²) in [6.07, 6.45) is 0.446. The monoisotopic (exact) mass is 436 g/mol. The molecule has 4 heteroatoms. The Hall–Kier alpha value is -3.89. The Balaban J connectivity index is 1.37. The number of nitrogens with one attached hydrogen (secondary N) is 1. The molecule has 0 spiro atoms. The molecule has 4 rings (SSSR count). The molecule has 0 aliphatic carbocycles. The minimum absolute atomic E-state index is 0.183. The first kappa shape index (κ1) is 22.3. The fourth-order valence-corrected chi connectivity index (χ4v) is 3.71. The summed E-state index contributed by atoms with van der Waals surface area (Å²) in [5.74, 6) is 0.603. The zero-order chi connectivity index (χ0) is 22.9. The third-order valence-electron chi connectivity index (χ3n) is 5.52. The van der Waals surface area contributed by atoms with E-state index in [1.54, 1.807) is 0 Å². The maximum absolute atomic E-state index is 13.0. The van der Waals surface area contributed by atoms with Gasteiger partial charge in [0.05, 0.1) is 12.1 Å². The van der Waals surface area contributed by atoms with E-state index in [9.17, 15) is 4.79 Å². The van der Waals surface area contributed by atoms with Crippen LogP contribution in [0.1, 0.15) is 28.3 Å². The fraction of sp³-hybridized carbons (Fsp3) is 0.138. The van der Waals surface area contributed by atoms with Crippen LogP contribution in [0.2, 0.25) is 0 Å². The second-order valence-electron chi connectivity index (χ2n) is 7.99. The van der Waals surface area contributed by atoms with Gasteiger partial charge in [-0.3, -0.25) is 4.79 Å². The summed E-state index contributed by atoms with van der Waals surface area (Å²) in [5.41, 5.74) is 10.4. The number of hydrogen-bond acceptors (Lipinski definition) is 3. The first-order valence-corrected chi connectivity index (χ1v) is 11.1. The van der Waals surface area contributed by atoms with Gasteiger partial charge in [0.15, 0.2) is 0 Å². The number of ether oxygens (including phenoxy) is 1. The molecule has 3 N–H and O–H groups in total.